The van der Waals surface area contributed by atoms with Gasteiger partial charge in [0.1, 0.15) is 5.75 Å². The van der Waals surface area contributed by atoms with Gasteiger partial charge in [-0.25, -0.2) is 0 Å². The molecular formula is C14H18N2O3. The first-order chi connectivity index (χ1) is 9.11. The Hall–Kier alpha value is -2.04. The zero-order chi connectivity index (χ0) is 13.8. The van der Waals surface area contributed by atoms with Gasteiger partial charge in [0.05, 0.1) is 12.5 Å². The monoisotopic (exact) mass is 262 g/mol. The van der Waals surface area contributed by atoms with E-state index in [1.165, 1.54) is 0 Å². The van der Waals surface area contributed by atoms with Crippen molar-refractivity contribution in [3.63, 3.8) is 0 Å². The highest BCUT2D eigenvalue weighted by Gasteiger charge is 2.33. The minimum atomic E-state index is -0.418. The number of rotatable bonds is 5. The molecule has 19 heavy (non-hydrogen) atoms. The van der Waals surface area contributed by atoms with Crippen LogP contribution in [0, 0.1) is 5.92 Å². The normalized spacial score (nSPS) is 18.7. The predicted molar refractivity (Wildman–Crippen MR) is 71.9 cm³/mol. The van der Waals surface area contributed by atoms with Crippen molar-refractivity contribution in [3.05, 3.63) is 24.3 Å². The molecule has 5 heteroatoms. The molecule has 1 aromatic carbocycles. The summed E-state index contributed by atoms with van der Waals surface area (Å²) in [6, 6.07) is 7.31. The van der Waals surface area contributed by atoms with Gasteiger partial charge in [-0.15, -0.1) is 0 Å². The number of ether oxygens (including phenoxy) is 1. The summed E-state index contributed by atoms with van der Waals surface area (Å²) < 4.78 is 5.48. The maximum absolute atomic E-state index is 11.8. The van der Waals surface area contributed by atoms with Crippen molar-refractivity contribution in [1.29, 1.82) is 0 Å². The van der Waals surface area contributed by atoms with Gasteiger partial charge in [-0.3, -0.25) is 9.59 Å². The molecule has 1 aliphatic rings. The van der Waals surface area contributed by atoms with Crippen LogP contribution in [0.4, 0.5) is 5.69 Å². The Bertz CT molecular complexity index is 470. The molecule has 0 radical (unpaired) electrons. The Labute approximate surface area is 112 Å². The third kappa shape index (κ3) is 3.05. The van der Waals surface area contributed by atoms with Gasteiger partial charge in [-0.05, 0) is 30.7 Å². The molecule has 1 aliphatic heterocycles. The lowest BCUT2D eigenvalue weighted by Gasteiger charge is -2.16. The van der Waals surface area contributed by atoms with Crippen molar-refractivity contribution >= 4 is 17.5 Å². The van der Waals surface area contributed by atoms with Gasteiger partial charge in [-0.1, -0.05) is 6.92 Å². The van der Waals surface area contributed by atoms with Crippen LogP contribution in [-0.4, -0.2) is 25.0 Å². The first-order valence-corrected chi connectivity index (χ1v) is 6.44. The third-order valence-electron chi connectivity index (χ3n) is 3.15. The Kier molecular flexibility index (Phi) is 4.04. The maximum atomic E-state index is 11.8. The van der Waals surface area contributed by atoms with Crippen molar-refractivity contribution in [2.45, 2.75) is 19.8 Å². The summed E-state index contributed by atoms with van der Waals surface area (Å²) in [4.78, 5) is 24.5. The predicted octanol–water partition coefficient (Wildman–Crippen LogP) is 1.31. The summed E-state index contributed by atoms with van der Waals surface area (Å²) in [5.74, 6) is -0.0861. The van der Waals surface area contributed by atoms with E-state index >= 15 is 0 Å². The SMILES string of the molecule is CCCOc1ccc(N2C[C@H](C(N)=O)CC2=O)cc1. The smallest absolute Gasteiger partial charge is 0.227 e. The summed E-state index contributed by atoms with van der Waals surface area (Å²) in [6.45, 7) is 3.08. The largest absolute Gasteiger partial charge is 0.494 e. The van der Waals surface area contributed by atoms with Crippen molar-refractivity contribution in [1.82, 2.24) is 0 Å². The van der Waals surface area contributed by atoms with Gasteiger partial charge < -0.3 is 15.4 Å². The van der Waals surface area contributed by atoms with E-state index < -0.39 is 5.91 Å². The molecule has 102 valence electrons. The molecule has 1 saturated heterocycles. The molecule has 0 aromatic heterocycles. The van der Waals surface area contributed by atoms with Crippen LogP contribution >= 0.6 is 0 Å². The van der Waals surface area contributed by atoms with Gasteiger partial charge in [0, 0.05) is 18.7 Å². The van der Waals surface area contributed by atoms with Gasteiger partial charge in [0.2, 0.25) is 11.8 Å². The molecule has 1 heterocycles. The number of anilines is 1. The minimum absolute atomic E-state index is 0.0639. The second-order valence-electron chi connectivity index (χ2n) is 4.65. The number of amides is 2. The second-order valence-corrected chi connectivity index (χ2v) is 4.65. The minimum Gasteiger partial charge on any atom is -0.494 e. The summed E-state index contributed by atoms with van der Waals surface area (Å²) in [7, 11) is 0. The molecule has 0 saturated carbocycles. The molecule has 0 aliphatic carbocycles. The zero-order valence-electron chi connectivity index (χ0n) is 11.0. The molecule has 1 aromatic rings. The number of nitrogens with two attached hydrogens (primary N) is 1. The van der Waals surface area contributed by atoms with Gasteiger partial charge in [0.25, 0.3) is 0 Å². The van der Waals surface area contributed by atoms with Crippen molar-refractivity contribution in [2.75, 3.05) is 18.1 Å². The number of carbonyl (C=O) groups excluding carboxylic acids is 2. The van der Waals surface area contributed by atoms with Crippen LogP contribution in [-0.2, 0) is 9.59 Å². The Morgan fingerprint density at radius 3 is 2.63 bits per heavy atom. The fourth-order valence-corrected chi connectivity index (χ4v) is 2.09. The summed E-state index contributed by atoms with van der Waals surface area (Å²) in [6.07, 6.45) is 1.15. The average molecular weight is 262 g/mol. The molecule has 2 N–H and O–H groups in total. The first-order valence-electron chi connectivity index (χ1n) is 6.44. The zero-order valence-corrected chi connectivity index (χ0v) is 11.0. The number of benzene rings is 1. The van der Waals surface area contributed by atoms with E-state index in [1.807, 2.05) is 31.2 Å². The highest BCUT2D eigenvalue weighted by atomic mass is 16.5. The topological polar surface area (TPSA) is 72.6 Å². The molecule has 0 unspecified atom stereocenters. The molecule has 1 atom stereocenters. The van der Waals surface area contributed by atoms with Crippen LogP contribution in [0.5, 0.6) is 5.75 Å². The van der Waals surface area contributed by atoms with Crippen LogP contribution in [0.25, 0.3) is 0 Å². The number of primary amides is 1. The van der Waals surface area contributed by atoms with E-state index in [0.717, 1.165) is 17.9 Å². The van der Waals surface area contributed by atoms with E-state index in [9.17, 15) is 9.59 Å². The number of hydrogen-bond acceptors (Lipinski definition) is 3. The Morgan fingerprint density at radius 1 is 1.42 bits per heavy atom. The lowest BCUT2D eigenvalue weighted by atomic mass is 10.1. The Balaban J connectivity index is 2.06. The number of hydrogen-bond donors (Lipinski definition) is 1. The number of nitrogens with zero attached hydrogens (tertiary/aromatic N) is 1. The van der Waals surface area contributed by atoms with Crippen LogP contribution in [0.1, 0.15) is 19.8 Å². The standard InChI is InChI=1S/C14H18N2O3/c1-2-7-19-12-5-3-11(4-6-12)16-9-10(14(15)18)8-13(16)17/h3-6,10H,2,7-9H2,1H3,(H2,15,18)/t10-/m1/s1. The second kappa shape index (κ2) is 5.73. The van der Waals surface area contributed by atoms with Crippen LogP contribution in [0.3, 0.4) is 0 Å². The Morgan fingerprint density at radius 2 is 2.11 bits per heavy atom. The van der Waals surface area contributed by atoms with E-state index in [-0.39, 0.29) is 18.2 Å². The van der Waals surface area contributed by atoms with E-state index in [2.05, 4.69) is 0 Å². The lowest BCUT2D eigenvalue weighted by molar-refractivity contribution is -0.123. The summed E-state index contributed by atoms with van der Waals surface area (Å²) in [5.41, 5.74) is 6.02. The lowest BCUT2D eigenvalue weighted by Crippen LogP contribution is -2.28. The molecular weight excluding hydrogens is 244 g/mol. The van der Waals surface area contributed by atoms with Crippen molar-refractivity contribution < 1.29 is 14.3 Å². The van der Waals surface area contributed by atoms with Crippen LogP contribution < -0.4 is 15.4 Å². The highest BCUT2D eigenvalue weighted by Crippen LogP contribution is 2.26. The summed E-state index contributed by atoms with van der Waals surface area (Å²) in [5, 5.41) is 0. The fourth-order valence-electron chi connectivity index (χ4n) is 2.09. The molecule has 5 nitrogen and oxygen atoms in total. The quantitative estimate of drug-likeness (QED) is 0.869. The fraction of sp³-hybridized carbons (Fsp3) is 0.429. The van der Waals surface area contributed by atoms with Gasteiger partial charge >= 0.3 is 0 Å². The third-order valence-corrected chi connectivity index (χ3v) is 3.15. The van der Waals surface area contributed by atoms with Crippen molar-refractivity contribution in [2.24, 2.45) is 11.7 Å². The first kappa shape index (κ1) is 13.4. The van der Waals surface area contributed by atoms with E-state index in [1.54, 1.807) is 4.90 Å². The van der Waals surface area contributed by atoms with Crippen molar-refractivity contribution in [3.8, 4) is 5.75 Å². The van der Waals surface area contributed by atoms with Gasteiger partial charge in [-0.2, -0.15) is 0 Å². The highest BCUT2D eigenvalue weighted by molar-refractivity contribution is 6.00. The van der Waals surface area contributed by atoms with Crippen LogP contribution in [0.2, 0.25) is 0 Å². The van der Waals surface area contributed by atoms with E-state index in [4.69, 9.17) is 10.5 Å². The average Bonchev–Trinajstić information content (AvgIpc) is 2.79. The maximum Gasteiger partial charge on any atom is 0.227 e. The summed E-state index contributed by atoms with van der Waals surface area (Å²) >= 11 is 0. The molecule has 2 rings (SSSR count). The molecule has 2 amide bonds. The number of carbonyl (C=O) groups is 2. The molecule has 1 fully saturated rings. The van der Waals surface area contributed by atoms with Gasteiger partial charge in [0.15, 0.2) is 0 Å². The molecule has 0 bridgehead atoms. The molecule has 0 spiro atoms. The van der Waals surface area contributed by atoms with Crippen LogP contribution in [0.15, 0.2) is 24.3 Å². The van der Waals surface area contributed by atoms with E-state index in [0.29, 0.717) is 13.2 Å².